The van der Waals surface area contributed by atoms with E-state index in [1.165, 1.54) is 0 Å². The van der Waals surface area contributed by atoms with Crippen LogP contribution in [0.1, 0.15) is 11.5 Å². The number of oxazole rings is 1. The fourth-order valence-electron chi connectivity index (χ4n) is 1.82. The number of nitriles is 1. The van der Waals surface area contributed by atoms with E-state index in [9.17, 15) is 0 Å². The molecule has 1 aliphatic rings. The Balaban J connectivity index is 2.00. The summed E-state index contributed by atoms with van der Waals surface area (Å²) in [6.45, 7) is 2.04. The predicted octanol–water partition coefficient (Wildman–Crippen LogP) is 2.44. The summed E-state index contributed by atoms with van der Waals surface area (Å²) < 4.78 is 16.1. The lowest BCUT2D eigenvalue weighted by molar-refractivity contribution is 0.174. The van der Waals surface area contributed by atoms with E-state index in [2.05, 4.69) is 11.1 Å². The Morgan fingerprint density at radius 2 is 2.17 bits per heavy atom. The van der Waals surface area contributed by atoms with Gasteiger partial charge in [-0.3, -0.25) is 0 Å². The molecular weight excluding hydrogens is 232 g/mol. The van der Waals surface area contributed by atoms with Crippen LogP contribution in [0.2, 0.25) is 0 Å². The van der Waals surface area contributed by atoms with Crippen molar-refractivity contribution in [3.63, 3.8) is 0 Å². The second-order valence-corrected chi connectivity index (χ2v) is 3.92. The summed E-state index contributed by atoms with van der Waals surface area (Å²) in [6.07, 6.45) is 0.250. The van der Waals surface area contributed by atoms with Gasteiger partial charge in [0.2, 0.25) is 12.7 Å². The second kappa shape index (κ2) is 4.08. The number of rotatable bonds is 2. The average molecular weight is 242 g/mol. The zero-order valence-corrected chi connectivity index (χ0v) is 9.77. The minimum Gasteiger partial charge on any atom is -0.454 e. The van der Waals surface area contributed by atoms with Gasteiger partial charge >= 0.3 is 0 Å². The molecule has 1 aliphatic heterocycles. The van der Waals surface area contributed by atoms with Crippen molar-refractivity contribution in [3.05, 3.63) is 29.7 Å². The van der Waals surface area contributed by atoms with E-state index in [0.717, 1.165) is 11.3 Å². The topological polar surface area (TPSA) is 68.3 Å². The van der Waals surface area contributed by atoms with Crippen molar-refractivity contribution in [2.45, 2.75) is 13.3 Å². The molecule has 0 fully saturated rings. The minimum absolute atomic E-state index is 0.239. The van der Waals surface area contributed by atoms with Crippen LogP contribution < -0.4 is 9.47 Å². The first-order chi connectivity index (χ1) is 8.78. The molecular formula is C13H10N2O3. The summed E-state index contributed by atoms with van der Waals surface area (Å²) >= 11 is 0. The van der Waals surface area contributed by atoms with E-state index in [1.54, 1.807) is 6.92 Å². The maximum atomic E-state index is 8.68. The average Bonchev–Trinajstić information content (AvgIpc) is 2.96. The van der Waals surface area contributed by atoms with E-state index < -0.39 is 0 Å². The fraction of sp³-hybridized carbons (Fsp3) is 0.231. The Morgan fingerprint density at radius 1 is 1.33 bits per heavy atom. The first-order valence-electron chi connectivity index (χ1n) is 5.51. The molecule has 18 heavy (non-hydrogen) atoms. The molecule has 0 N–H and O–H groups in total. The SMILES string of the molecule is Cc1oc(-c2ccc3c(c2)OCO3)nc1CC#N. The van der Waals surface area contributed by atoms with E-state index in [-0.39, 0.29) is 13.2 Å². The molecule has 1 aromatic carbocycles. The molecule has 0 saturated heterocycles. The van der Waals surface area contributed by atoms with Crippen molar-refractivity contribution in [2.24, 2.45) is 0 Å². The number of aromatic nitrogens is 1. The van der Waals surface area contributed by atoms with Crippen molar-refractivity contribution in [1.82, 2.24) is 4.98 Å². The van der Waals surface area contributed by atoms with Gasteiger partial charge in [0.25, 0.3) is 0 Å². The third-order valence-corrected chi connectivity index (χ3v) is 2.76. The number of hydrogen-bond acceptors (Lipinski definition) is 5. The fourth-order valence-corrected chi connectivity index (χ4v) is 1.82. The highest BCUT2D eigenvalue weighted by Gasteiger charge is 2.17. The number of ether oxygens (including phenoxy) is 2. The molecule has 0 aliphatic carbocycles. The van der Waals surface area contributed by atoms with Crippen LogP contribution in [0.4, 0.5) is 0 Å². The lowest BCUT2D eigenvalue weighted by Crippen LogP contribution is -1.92. The zero-order chi connectivity index (χ0) is 12.5. The molecule has 2 heterocycles. The van der Waals surface area contributed by atoms with Gasteiger partial charge in [-0.25, -0.2) is 4.98 Å². The smallest absolute Gasteiger partial charge is 0.231 e. The normalized spacial score (nSPS) is 12.4. The van der Waals surface area contributed by atoms with Crippen molar-refractivity contribution >= 4 is 0 Å². The predicted molar refractivity (Wildman–Crippen MR) is 62.1 cm³/mol. The van der Waals surface area contributed by atoms with Crippen molar-refractivity contribution in [1.29, 1.82) is 5.26 Å². The third-order valence-electron chi connectivity index (χ3n) is 2.76. The summed E-state index contributed by atoms with van der Waals surface area (Å²) in [5, 5.41) is 8.68. The largest absolute Gasteiger partial charge is 0.454 e. The van der Waals surface area contributed by atoms with Crippen LogP contribution in [0.5, 0.6) is 11.5 Å². The van der Waals surface area contributed by atoms with Gasteiger partial charge in [0.05, 0.1) is 18.2 Å². The first kappa shape index (κ1) is 10.7. The molecule has 0 spiro atoms. The standard InChI is InChI=1S/C13H10N2O3/c1-8-10(4-5-14)15-13(18-8)9-2-3-11-12(6-9)17-7-16-11/h2-3,6H,4,7H2,1H3. The summed E-state index contributed by atoms with van der Waals surface area (Å²) in [5.74, 6) is 2.57. The molecule has 0 atom stereocenters. The van der Waals surface area contributed by atoms with E-state index in [4.69, 9.17) is 19.2 Å². The number of aryl methyl sites for hydroxylation is 1. The zero-order valence-electron chi connectivity index (χ0n) is 9.77. The summed E-state index contributed by atoms with van der Waals surface area (Å²) in [4.78, 5) is 4.31. The van der Waals surface area contributed by atoms with Crippen LogP contribution in [0, 0.1) is 18.3 Å². The maximum absolute atomic E-state index is 8.68. The summed E-state index contributed by atoms with van der Waals surface area (Å²) in [5.41, 5.74) is 1.48. The van der Waals surface area contributed by atoms with Gasteiger partial charge in [-0.1, -0.05) is 0 Å². The highest BCUT2D eigenvalue weighted by Crippen LogP contribution is 2.35. The minimum atomic E-state index is 0.239. The Labute approximate surface area is 104 Å². The number of benzene rings is 1. The summed E-state index contributed by atoms with van der Waals surface area (Å²) in [6, 6.07) is 7.56. The molecule has 0 bridgehead atoms. The molecule has 0 saturated carbocycles. The Kier molecular flexibility index (Phi) is 2.41. The van der Waals surface area contributed by atoms with Crippen molar-refractivity contribution < 1.29 is 13.9 Å². The van der Waals surface area contributed by atoms with E-state index in [1.807, 2.05) is 18.2 Å². The first-order valence-corrected chi connectivity index (χ1v) is 5.51. The summed E-state index contributed by atoms with van der Waals surface area (Å²) in [7, 11) is 0. The van der Waals surface area contributed by atoms with Crippen LogP contribution in [-0.4, -0.2) is 11.8 Å². The van der Waals surface area contributed by atoms with Gasteiger partial charge in [-0.05, 0) is 25.1 Å². The van der Waals surface area contributed by atoms with Gasteiger partial charge in [0.15, 0.2) is 11.5 Å². The number of fused-ring (bicyclic) bond motifs is 1. The van der Waals surface area contributed by atoms with Crippen molar-refractivity contribution in [2.75, 3.05) is 6.79 Å². The van der Waals surface area contributed by atoms with Gasteiger partial charge in [0.1, 0.15) is 5.76 Å². The van der Waals surface area contributed by atoms with Crippen LogP contribution in [-0.2, 0) is 6.42 Å². The molecule has 90 valence electrons. The van der Waals surface area contributed by atoms with Gasteiger partial charge in [0, 0.05) is 5.56 Å². The molecule has 1 aromatic heterocycles. The monoisotopic (exact) mass is 242 g/mol. The number of nitrogens with zero attached hydrogens (tertiary/aromatic N) is 2. The van der Waals surface area contributed by atoms with Crippen LogP contribution in [0.3, 0.4) is 0 Å². The molecule has 5 heteroatoms. The molecule has 0 unspecified atom stereocenters. The highest BCUT2D eigenvalue weighted by molar-refractivity contribution is 5.60. The lowest BCUT2D eigenvalue weighted by atomic mass is 10.2. The Morgan fingerprint density at radius 3 is 3.00 bits per heavy atom. The molecule has 3 rings (SSSR count). The lowest BCUT2D eigenvalue weighted by Gasteiger charge is -1.98. The maximum Gasteiger partial charge on any atom is 0.231 e. The van der Waals surface area contributed by atoms with Gasteiger partial charge < -0.3 is 13.9 Å². The van der Waals surface area contributed by atoms with Crippen LogP contribution in [0.25, 0.3) is 11.5 Å². The molecule has 2 aromatic rings. The van der Waals surface area contributed by atoms with Gasteiger partial charge in [-0.15, -0.1) is 0 Å². The van der Waals surface area contributed by atoms with E-state index >= 15 is 0 Å². The highest BCUT2D eigenvalue weighted by atomic mass is 16.7. The molecule has 0 amide bonds. The third kappa shape index (κ3) is 1.68. The molecule has 0 radical (unpaired) electrons. The number of hydrogen-bond donors (Lipinski definition) is 0. The van der Waals surface area contributed by atoms with Crippen LogP contribution >= 0.6 is 0 Å². The molecule has 5 nitrogen and oxygen atoms in total. The quantitative estimate of drug-likeness (QED) is 0.809. The van der Waals surface area contributed by atoms with Crippen LogP contribution in [0.15, 0.2) is 22.6 Å². The Bertz CT molecular complexity index is 640. The van der Waals surface area contributed by atoms with Gasteiger partial charge in [-0.2, -0.15) is 5.26 Å². The van der Waals surface area contributed by atoms with Crippen molar-refractivity contribution in [3.8, 4) is 29.0 Å². The Hall–Kier alpha value is -2.48. The van der Waals surface area contributed by atoms with E-state index in [0.29, 0.717) is 23.1 Å². The second-order valence-electron chi connectivity index (χ2n) is 3.92.